The number of carbonyl (C=O) groups excluding carboxylic acids is 2. The summed E-state index contributed by atoms with van der Waals surface area (Å²) in [7, 11) is 0. The molecule has 0 radical (unpaired) electrons. The number of rotatable bonds is 5. The molecule has 3 aromatic rings. The van der Waals surface area contributed by atoms with Crippen molar-refractivity contribution in [3.63, 3.8) is 0 Å². The van der Waals surface area contributed by atoms with Crippen molar-refractivity contribution in [2.75, 3.05) is 5.32 Å². The molecule has 0 fully saturated rings. The van der Waals surface area contributed by atoms with E-state index in [-0.39, 0.29) is 11.7 Å². The van der Waals surface area contributed by atoms with Crippen molar-refractivity contribution in [3.8, 4) is 0 Å². The molecule has 0 aliphatic carbocycles. The van der Waals surface area contributed by atoms with Crippen LogP contribution in [0.1, 0.15) is 59.7 Å². The van der Waals surface area contributed by atoms with Gasteiger partial charge in [-0.15, -0.1) is 0 Å². The van der Waals surface area contributed by atoms with Gasteiger partial charge in [-0.05, 0) is 98.7 Å². The van der Waals surface area contributed by atoms with Gasteiger partial charge in [0.15, 0.2) is 5.78 Å². The Bertz CT molecular complexity index is 1030. The van der Waals surface area contributed by atoms with Crippen LogP contribution in [-0.2, 0) is 6.42 Å². The highest BCUT2D eigenvalue weighted by Crippen LogP contribution is 2.21. The molecule has 3 nitrogen and oxygen atoms in total. The minimum Gasteiger partial charge on any atom is -0.322 e. The van der Waals surface area contributed by atoms with Crippen LogP contribution in [0.3, 0.4) is 0 Å². The van der Waals surface area contributed by atoms with Gasteiger partial charge in [-0.1, -0.05) is 30.3 Å². The topological polar surface area (TPSA) is 46.2 Å². The number of ketones is 1. The van der Waals surface area contributed by atoms with Crippen LogP contribution in [0.15, 0.2) is 48.5 Å². The van der Waals surface area contributed by atoms with Crippen molar-refractivity contribution < 1.29 is 9.59 Å². The highest BCUT2D eigenvalue weighted by Gasteiger charge is 2.13. The molecule has 0 heterocycles. The average Bonchev–Trinajstić information content (AvgIpc) is 2.70. The summed E-state index contributed by atoms with van der Waals surface area (Å²) in [6.45, 7) is 12.3. The molecule has 0 aromatic heterocycles. The Morgan fingerprint density at radius 1 is 0.633 bits per heavy atom. The van der Waals surface area contributed by atoms with Gasteiger partial charge >= 0.3 is 0 Å². The first-order valence-electron chi connectivity index (χ1n) is 10.2. The molecule has 0 aliphatic rings. The van der Waals surface area contributed by atoms with Gasteiger partial charge in [0, 0.05) is 23.2 Å². The highest BCUT2D eigenvalue weighted by molar-refractivity contribution is 6.05. The zero-order valence-corrected chi connectivity index (χ0v) is 18.6. The van der Waals surface area contributed by atoms with Crippen molar-refractivity contribution in [3.05, 3.63) is 98.6 Å². The summed E-state index contributed by atoms with van der Waals surface area (Å²) in [5.41, 5.74) is 9.94. The maximum atomic E-state index is 12.7. The van der Waals surface area contributed by atoms with Gasteiger partial charge in [-0.3, -0.25) is 9.59 Å². The van der Waals surface area contributed by atoms with Gasteiger partial charge in [-0.25, -0.2) is 0 Å². The summed E-state index contributed by atoms with van der Waals surface area (Å²) in [5.74, 6) is -0.122. The van der Waals surface area contributed by atoms with Crippen LogP contribution < -0.4 is 5.32 Å². The molecule has 3 rings (SSSR count). The van der Waals surface area contributed by atoms with Crippen molar-refractivity contribution in [1.82, 2.24) is 0 Å². The van der Waals surface area contributed by atoms with E-state index in [4.69, 9.17) is 0 Å². The Hall–Kier alpha value is -3.20. The molecule has 3 aromatic carbocycles. The maximum Gasteiger partial charge on any atom is 0.255 e. The molecule has 1 amide bonds. The SMILES string of the molecule is Cc1cc(C)c(CC(=O)c2ccc(C(=O)Nc3cc(C)c(C)cc3C)cc2)cc1C. The summed E-state index contributed by atoms with van der Waals surface area (Å²) in [5, 5.41) is 2.98. The third-order valence-corrected chi connectivity index (χ3v) is 5.86. The summed E-state index contributed by atoms with van der Waals surface area (Å²) in [4.78, 5) is 25.4. The first-order valence-corrected chi connectivity index (χ1v) is 10.2. The number of amides is 1. The molecule has 0 atom stereocenters. The first-order chi connectivity index (χ1) is 14.2. The van der Waals surface area contributed by atoms with E-state index in [0.717, 1.165) is 27.9 Å². The van der Waals surface area contributed by atoms with E-state index >= 15 is 0 Å². The lowest BCUT2D eigenvalue weighted by atomic mass is 9.95. The molecule has 0 spiro atoms. The van der Waals surface area contributed by atoms with E-state index in [0.29, 0.717) is 17.5 Å². The molecular weight excluding hydrogens is 370 g/mol. The molecular formula is C27H29NO2. The van der Waals surface area contributed by atoms with Gasteiger partial charge in [0.2, 0.25) is 0 Å². The number of hydrogen-bond acceptors (Lipinski definition) is 2. The standard InChI is InChI=1S/C27H29NO2/c1-16-11-20(5)24(13-18(16)3)15-26(29)22-7-9-23(10-8-22)27(30)28-25-14-19(4)17(2)12-21(25)6/h7-14H,15H2,1-6H3,(H,28,30). The molecule has 0 bridgehead atoms. The predicted octanol–water partition coefficient (Wildman–Crippen LogP) is 6.21. The van der Waals surface area contributed by atoms with E-state index in [2.05, 4.69) is 44.3 Å². The van der Waals surface area contributed by atoms with Gasteiger partial charge in [-0.2, -0.15) is 0 Å². The van der Waals surface area contributed by atoms with E-state index in [1.807, 2.05) is 26.8 Å². The van der Waals surface area contributed by atoms with Crippen LogP contribution in [0.25, 0.3) is 0 Å². The molecule has 0 unspecified atom stereocenters. The molecule has 0 saturated heterocycles. The second-order valence-corrected chi connectivity index (χ2v) is 8.25. The van der Waals surface area contributed by atoms with E-state index < -0.39 is 0 Å². The van der Waals surface area contributed by atoms with Crippen molar-refractivity contribution in [2.24, 2.45) is 0 Å². The van der Waals surface area contributed by atoms with E-state index in [1.165, 1.54) is 16.7 Å². The summed E-state index contributed by atoms with van der Waals surface area (Å²) in [6, 6.07) is 15.2. The Labute approximate surface area is 179 Å². The fourth-order valence-electron chi connectivity index (χ4n) is 3.58. The quantitative estimate of drug-likeness (QED) is 0.518. The number of anilines is 1. The van der Waals surface area contributed by atoms with Crippen LogP contribution in [0, 0.1) is 41.5 Å². The third kappa shape index (κ3) is 4.68. The number of aryl methyl sites for hydroxylation is 6. The first kappa shape index (κ1) is 21.5. The normalized spacial score (nSPS) is 10.7. The predicted molar refractivity (Wildman–Crippen MR) is 124 cm³/mol. The smallest absolute Gasteiger partial charge is 0.255 e. The van der Waals surface area contributed by atoms with Gasteiger partial charge in [0.25, 0.3) is 5.91 Å². The Morgan fingerprint density at radius 2 is 1.13 bits per heavy atom. The van der Waals surface area contributed by atoms with Crippen LogP contribution >= 0.6 is 0 Å². The zero-order chi connectivity index (χ0) is 22.0. The van der Waals surface area contributed by atoms with E-state index in [1.54, 1.807) is 24.3 Å². The van der Waals surface area contributed by atoms with Crippen LogP contribution in [0.5, 0.6) is 0 Å². The fraction of sp³-hybridized carbons (Fsp3) is 0.259. The summed E-state index contributed by atoms with van der Waals surface area (Å²) >= 11 is 0. The van der Waals surface area contributed by atoms with Gasteiger partial charge in [0.1, 0.15) is 0 Å². The lowest BCUT2D eigenvalue weighted by Gasteiger charge is -2.12. The number of carbonyl (C=O) groups is 2. The molecule has 0 aliphatic heterocycles. The minimum atomic E-state index is -0.176. The zero-order valence-electron chi connectivity index (χ0n) is 18.6. The van der Waals surface area contributed by atoms with Crippen LogP contribution in [-0.4, -0.2) is 11.7 Å². The average molecular weight is 400 g/mol. The van der Waals surface area contributed by atoms with Crippen LogP contribution in [0.4, 0.5) is 5.69 Å². The fourth-order valence-corrected chi connectivity index (χ4v) is 3.58. The number of benzene rings is 3. The number of nitrogens with one attached hydrogen (secondary N) is 1. The van der Waals surface area contributed by atoms with Crippen LogP contribution in [0.2, 0.25) is 0 Å². The molecule has 1 N–H and O–H groups in total. The lowest BCUT2D eigenvalue weighted by molar-refractivity contribution is 0.0988. The highest BCUT2D eigenvalue weighted by atomic mass is 16.1. The van der Waals surface area contributed by atoms with Crippen molar-refractivity contribution in [2.45, 2.75) is 48.0 Å². The summed E-state index contributed by atoms with van der Waals surface area (Å²) < 4.78 is 0. The molecule has 3 heteroatoms. The van der Waals surface area contributed by atoms with Gasteiger partial charge < -0.3 is 5.32 Å². The molecule has 30 heavy (non-hydrogen) atoms. The monoisotopic (exact) mass is 399 g/mol. The maximum absolute atomic E-state index is 12.7. The summed E-state index contributed by atoms with van der Waals surface area (Å²) in [6.07, 6.45) is 0.361. The molecule has 0 saturated carbocycles. The van der Waals surface area contributed by atoms with E-state index in [9.17, 15) is 9.59 Å². The number of Topliss-reactive ketones (excluding diaryl/α,β-unsaturated/α-hetero) is 1. The Balaban J connectivity index is 1.73. The Morgan fingerprint density at radius 3 is 1.77 bits per heavy atom. The second-order valence-electron chi connectivity index (χ2n) is 8.25. The van der Waals surface area contributed by atoms with Crippen molar-refractivity contribution in [1.29, 1.82) is 0 Å². The van der Waals surface area contributed by atoms with Gasteiger partial charge in [0.05, 0.1) is 0 Å². The minimum absolute atomic E-state index is 0.0540. The third-order valence-electron chi connectivity index (χ3n) is 5.86. The molecule has 154 valence electrons. The lowest BCUT2D eigenvalue weighted by Crippen LogP contribution is -2.13. The second kappa shape index (κ2) is 8.66. The Kier molecular flexibility index (Phi) is 6.21. The van der Waals surface area contributed by atoms with Crippen molar-refractivity contribution >= 4 is 17.4 Å². The number of hydrogen-bond donors (Lipinski definition) is 1. The largest absolute Gasteiger partial charge is 0.322 e.